The van der Waals surface area contributed by atoms with Gasteiger partial charge in [0.2, 0.25) is 16.2 Å². The van der Waals surface area contributed by atoms with Gasteiger partial charge in [-0.2, -0.15) is 13.4 Å². The Morgan fingerprint density at radius 2 is 1.79 bits per heavy atom. The Hall–Kier alpha value is -5.16. The standard InChI is InChI=1S/C26H22N8O7S2/c35-19(32-10-11-34(20(36)13-32)43(39,40)26-28-17-8-4-5-9-18(17)42-26)12-33-15-27-21-22(33)29-24(30-23(21)37)31-25(38)41-14-16-6-2-1-3-7-16/h1-9,15H,10-14H2,(H2,29,30,31,37,38). The van der Waals surface area contributed by atoms with Gasteiger partial charge in [-0.05, 0) is 17.7 Å². The van der Waals surface area contributed by atoms with Crippen LogP contribution in [0.15, 0.2) is 70.1 Å². The summed E-state index contributed by atoms with van der Waals surface area (Å²) >= 11 is 0.965. The molecular formula is C26H22N8O7S2. The van der Waals surface area contributed by atoms with Crippen LogP contribution in [0.2, 0.25) is 0 Å². The lowest BCUT2D eigenvalue weighted by Gasteiger charge is -2.33. The van der Waals surface area contributed by atoms with Crippen LogP contribution in [0.4, 0.5) is 10.7 Å². The Balaban J connectivity index is 1.12. The van der Waals surface area contributed by atoms with Gasteiger partial charge in [-0.25, -0.2) is 19.1 Å². The third kappa shape index (κ3) is 5.67. The van der Waals surface area contributed by atoms with Crippen LogP contribution in [0, 0.1) is 0 Å². The van der Waals surface area contributed by atoms with E-state index >= 15 is 0 Å². The molecule has 0 atom stereocenters. The van der Waals surface area contributed by atoms with Gasteiger partial charge in [0.1, 0.15) is 19.7 Å². The maximum atomic E-state index is 13.2. The third-order valence-electron chi connectivity index (χ3n) is 6.53. The molecule has 0 spiro atoms. The van der Waals surface area contributed by atoms with Gasteiger partial charge in [0.25, 0.3) is 21.5 Å². The van der Waals surface area contributed by atoms with Crippen LogP contribution in [-0.4, -0.2) is 79.7 Å². The van der Waals surface area contributed by atoms with E-state index in [9.17, 15) is 27.6 Å². The number of hydrogen-bond acceptors (Lipinski definition) is 11. The number of imidazole rings is 1. The number of piperazine rings is 1. The number of rotatable bonds is 7. The summed E-state index contributed by atoms with van der Waals surface area (Å²) in [5, 5.41) is 2.35. The third-order valence-corrected chi connectivity index (χ3v) is 9.74. The second-order valence-electron chi connectivity index (χ2n) is 9.38. The lowest BCUT2D eigenvalue weighted by molar-refractivity contribution is -0.142. The summed E-state index contributed by atoms with van der Waals surface area (Å²) in [6.07, 6.45) is 0.378. The number of thiazole rings is 1. The summed E-state index contributed by atoms with van der Waals surface area (Å²) in [6.45, 7) is -1.11. The van der Waals surface area contributed by atoms with Gasteiger partial charge < -0.3 is 14.2 Å². The minimum atomic E-state index is -4.20. The van der Waals surface area contributed by atoms with Crippen molar-refractivity contribution in [3.8, 4) is 0 Å². The van der Waals surface area contributed by atoms with E-state index < -0.39 is 40.0 Å². The normalized spacial score (nSPS) is 13.9. The molecule has 3 amide bonds. The SMILES string of the molecule is O=C(Nc1nc2c(ncn2CC(=O)N2CCN(S(=O)(=O)c3nc4ccccc4s3)C(=O)C2)c(=O)[nH]1)OCc1ccccc1. The average molecular weight is 623 g/mol. The number of nitrogens with zero attached hydrogens (tertiary/aromatic N) is 6. The molecule has 1 fully saturated rings. The monoisotopic (exact) mass is 622 g/mol. The average Bonchev–Trinajstić information content (AvgIpc) is 3.62. The molecule has 0 unspecified atom stereocenters. The number of benzene rings is 2. The van der Waals surface area contributed by atoms with E-state index in [1.165, 1.54) is 15.8 Å². The van der Waals surface area contributed by atoms with Gasteiger partial charge >= 0.3 is 6.09 Å². The molecule has 6 rings (SSSR count). The Morgan fingerprint density at radius 3 is 2.56 bits per heavy atom. The molecule has 1 aliphatic heterocycles. The van der Waals surface area contributed by atoms with Crippen molar-refractivity contribution < 1.29 is 27.5 Å². The summed E-state index contributed by atoms with van der Waals surface area (Å²) in [6, 6.07) is 15.9. The predicted octanol–water partition coefficient (Wildman–Crippen LogP) is 1.54. The van der Waals surface area contributed by atoms with E-state index in [1.807, 2.05) is 6.07 Å². The van der Waals surface area contributed by atoms with Gasteiger partial charge in [0, 0.05) is 6.54 Å². The van der Waals surface area contributed by atoms with Gasteiger partial charge in [0.05, 0.1) is 23.1 Å². The summed E-state index contributed by atoms with van der Waals surface area (Å²) in [7, 11) is -4.20. The fourth-order valence-corrected chi connectivity index (χ4v) is 7.12. The molecule has 1 aliphatic rings. The first kappa shape index (κ1) is 28.0. The van der Waals surface area contributed by atoms with Crippen molar-refractivity contribution in [2.45, 2.75) is 17.5 Å². The maximum Gasteiger partial charge on any atom is 0.414 e. The first-order chi connectivity index (χ1) is 20.7. The number of amides is 3. The highest BCUT2D eigenvalue weighted by molar-refractivity contribution is 7.91. The number of anilines is 1. The lowest BCUT2D eigenvalue weighted by Crippen LogP contribution is -2.54. The van der Waals surface area contributed by atoms with Crippen molar-refractivity contribution in [1.82, 2.24) is 33.7 Å². The van der Waals surface area contributed by atoms with E-state index in [0.29, 0.717) is 10.2 Å². The van der Waals surface area contributed by atoms with Crippen molar-refractivity contribution in [1.29, 1.82) is 0 Å². The summed E-state index contributed by atoms with van der Waals surface area (Å²) < 4.78 is 34.0. The fraction of sp³-hybridized carbons (Fsp3) is 0.192. The number of para-hydroxylation sites is 1. The van der Waals surface area contributed by atoms with E-state index in [-0.39, 0.29) is 47.7 Å². The minimum Gasteiger partial charge on any atom is -0.444 e. The second kappa shape index (κ2) is 11.3. The molecule has 15 nitrogen and oxygen atoms in total. The van der Waals surface area contributed by atoms with E-state index in [1.54, 1.807) is 48.5 Å². The number of ether oxygens (including phenoxy) is 1. The van der Waals surface area contributed by atoms with Gasteiger partial charge in [-0.1, -0.05) is 42.5 Å². The fourth-order valence-electron chi connectivity index (χ4n) is 4.41. The van der Waals surface area contributed by atoms with Crippen LogP contribution in [0.3, 0.4) is 0 Å². The van der Waals surface area contributed by atoms with Crippen molar-refractivity contribution in [2.75, 3.05) is 25.0 Å². The Labute approximate surface area is 246 Å². The molecule has 5 aromatic rings. The molecule has 0 radical (unpaired) electrons. The Kier molecular flexibility index (Phi) is 7.32. The van der Waals surface area contributed by atoms with Gasteiger partial charge in [-0.15, -0.1) is 11.3 Å². The summed E-state index contributed by atoms with van der Waals surface area (Å²) in [5.74, 6) is -1.51. The van der Waals surface area contributed by atoms with Crippen LogP contribution in [-0.2, 0) is 37.5 Å². The molecule has 220 valence electrons. The van der Waals surface area contributed by atoms with Crippen LogP contribution in [0.5, 0.6) is 0 Å². The van der Waals surface area contributed by atoms with Gasteiger partial charge in [0.15, 0.2) is 11.2 Å². The number of aromatic amines is 1. The largest absolute Gasteiger partial charge is 0.444 e. The first-order valence-electron chi connectivity index (χ1n) is 12.8. The lowest BCUT2D eigenvalue weighted by atomic mass is 10.2. The Morgan fingerprint density at radius 1 is 1.02 bits per heavy atom. The van der Waals surface area contributed by atoms with Crippen LogP contribution in [0.25, 0.3) is 21.4 Å². The molecule has 4 heterocycles. The van der Waals surface area contributed by atoms with Gasteiger partial charge in [-0.3, -0.25) is 24.7 Å². The minimum absolute atomic E-state index is 0.000527. The second-order valence-corrected chi connectivity index (χ2v) is 12.4. The van der Waals surface area contributed by atoms with Crippen molar-refractivity contribution in [2.24, 2.45) is 0 Å². The topological polar surface area (TPSA) is 190 Å². The number of carbonyl (C=O) groups is 3. The van der Waals surface area contributed by atoms with Crippen LogP contribution >= 0.6 is 11.3 Å². The maximum absolute atomic E-state index is 13.2. The number of fused-ring (bicyclic) bond motifs is 2. The van der Waals surface area contributed by atoms with Crippen molar-refractivity contribution >= 4 is 66.6 Å². The summed E-state index contributed by atoms with van der Waals surface area (Å²) in [4.78, 5) is 66.8. The number of sulfonamides is 1. The molecule has 43 heavy (non-hydrogen) atoms. The highest BCUT2D eigenvalue weighted by Gasteiger charge is 2.37. The van der Waals surface area contributed by atoms with E-state index in [0.717, 1.165) is 21.2 Å². The molecule has 2 aromatic carbocycles. The summed E-state index contributed by atoms with van der Waals surface area (Å²) in [5.41, 5.74) is 0.561. The smallest absolute Gasteiger partial charge is 0.414 e. The Bertz CT molecular complexity index is 2010. The van der Waals surface area contributed by atoms with Crippen LogP contribution < -0.4 is 10.9 Å². The quantitative estimate of drug-likeness (QED) is 0.269. The van der Waals surface area contributed by atoms with E-state index in [4.69, 9.17) is 4.74 Å². The number of hydrogen-bond donors (Lipinski definition) is 2. The number of H-pyrrole nitrogens is 1. The zero-order valence-corrected chi connectivity index (χ0v) is 23.8. The predicted molar refractivity (Wildman–Crippen MR) is 153 cm³/mol. The first-order valence-corrected chi connectivity index (χ1v) is 15.1. The number of aromatic nitrogens is 5. The highest BCUT2D eigenvalue weighted by Crippen LogP contribution is 2.28. The zero-order valence-electron chi connectivity index (χ0n) is 22.2. The van der Waals surface area contributed by atoms with Crippen LogP contribution in [0.1, 0.15) is 5.56 Å². The molecule has 0 aliphatic carbocycles. The molecule has 0 saturated carbocycles. The van der Waals surface area contributed by atoms with Crippen molar-refractivity contribution in [3.63, 3.8) is 0 Å². The molecule has 2 N–H and O–H groups in total. The number of nitrogens with one attached hydrogen (secondary N) is 2. The molecule has 1 saturated heterocycles. The van der Waals surface area contributed by atoms with E-state index in [2.05, 4.69) is 25.3 Å². The molecule has 17 heteroatoms. The molecule has 0 bridgehead atoms. The zero-order chi connectivity index (χ0) is 30.1. The highest BCUT2D eigenvalue weighted by atomic mass is 32.2. The molecule has 3 aromatic heterocycles. The van der Waals surface area contributed by atoms with Crippen molar-refractivity contribution in [3.05, 3.63) is 76.8 Å². The number of carbonyl (C=O) groups excluding carboxylic acids is 3. The molecular weight excluding hydrogens is 600 g/mol.